The Morgan fingerprint density at radius 3 is 2.53 bits per heavy atom. The van der Waals surface area contributed by atoms with Crippen molar-refractivity contribution in [2.45, 2.75) is 26.0 Å². The molecule has 0 aromatic heterocycles. The highest BCUT2D eigenvalue weighted by Crippen LogP contribution is 2.26. The molecule has 0 saturated heterocycles. The van der Waals surface area contributed by atoms with Crippen LogP contribution in [0.15, 0.2) is 18.2 Å². The van der Waals surface area contributed by atoms with E-state index in [9.17, 15) is 0 Å². The van der Waals surface area contributed by atoms with Crippen molar-refractivity contribution in [3.63, 3.8) is 0 Å². The summed E-state index contributed by atoms with van der Waals surface area (Å²) in [6.07, 6.45) is 0.0929. The topological polar surface area (TPSA) is 54.3 Å². The van der Waals surface area contributed by atoms with E-state index in [0.29, 0.717) is 11.3 Å². The highest BCUT2D eigenvalue weighted by Gasteiger charge is 2.13. The number of nitriles is 1. The zero-order valence-corrected chi connectivity index (χ0v) is 10.7. The first kappa shape index (κ1) is 13.3. The Kier molecular flexibility index (Phi) is 4.80. The number of rotatable bonds is 5. The van der Waals surface area contributed by atoms with Crippen LogP contribution in [0.4, 0.5) is 5.69 Å². The SMILES string of the molecule is COc1cc(C#N)ccc1NC(C)C(C)OC. The van der Waals surface area contributed by atoms with Gasteiger partial charge < -0.3 is 14.8 Å². The summed E-state index contributed by atoms with van der Waals surface area (Å²) in [5, 5.41) is 12.1. The lowest BCUT2D eigenvalue weighted by atomic mass is 10.1. The normalized spacial score (nSPS) is 13.6. The molecule has 0 amide bonds. The predicted octanol–water partition coefficient (Wildman–Crippen LogP) is 2.40. The van der Waals surface area contributed by atoms with Gasteiger partial charge in [-0.2, -0.15) is 5.26 Å². The molecule has 1 aromatic carbocycles. The second-order valence-electron chi connectivity index (χ2n) is 3.90. The average molecular weight is 234 g/mol. The molecular formula is C13H18N2O2. The standard InChI is InChI=1S/C13H18N2O2/c1-9(10(2)16-3)15-12-6-5-11(8-14)7-13(12)17-4/h5-7,9-10,15H,1-4H3. The van der Waals surface area contributed by atoms with Gasteiger partial charge in [0.1, 0.15) is 5.75 Å². The van der Waals surface area contributed by atoms with Gasteiger partial charge >= 0.3 is 0 Å². The fourth-order valence-corrected chi connectivity index (χ4v) is 1.45. The average Bonchev–Trinajstić information content (AvgIpc) is 2.37. The van der Waals surface area contributed by atoms with Crippen molar-refractivity contribution in [1.82, 2.24) is 0 Å². The minimum absolute atomic E-state index is 0.0929. The summed E-state index contributed by atoms with van der Waals surface area (Å²) in [5.41, 5.74) is 1.45. The summed E-state index contributed by atoms with van der Waals surface area (Å²) >= 11 is 0. The Hall–Kier alpha value is -1.73. The molecular weight excluding hydrogens is 216 g/mol. The molecule has 0 spiro atoms. The lowest BCUT2D eigenvalue weighted by Crippen LogP contribution is -2.29. The van der Waals surface area contributed by atoms with Crippen LogP contribution in [0.3, 0.4) is 0 Å². The van der Waals surface area contributed by atoms with Gasteiger partial charge in [0.05, 0.1) is 30.5 Å². The highest BCUT2D eigenvalue weighted by atomic mass is 16.5. The molecule has 1 N–H and O–H groups in total. The number of nitrogens with one attached hydrogen (secondary N) is 1. The van der Waals surface area contributed by atoms with Gasteiger partial charge in [-0.05, 0) is 26.0 Å². The molecule has 1 aromatic rings. The molecule has 0 bridgehead atoms. The van der Waals surface area contributed by atoms with Crippen LogP contribution in [-0.4, -0.2) is 26.4 Å². The zero-order chi connectivity index (χ0) is 12.8. The molecule has 0 aliphatic carbocycles. The van der Waals surface area contributed by atoms with Crippen molar-refractivity contribution in [3.05, 3.63) is 23.8 Å². The first-order valence-corrected chi connectivity index (χ1v) is 5.49. The summed E-state index contributed by atoms with van der Waals surface area (Å²) in [5.74, 6) is 0.666. The van der Waals surface area contributed by atoms with E-state index in [1.165, 1.54) is 0 Å². The van der Waals surface area contributed by atoms with E-state index >= 15 is 0 Å². The third-order valence-electron chi connectivity index (χ3n) is 2.79. The minimum Gasteiger partial charge on any atom is -0.495 e. The maximum atomic E-state index is 8.81. The maximum absolute atomic E-state index is 8.81. The van der Waals surface area contributed by atoms with Gasteiger partial charge in [0.25, 0.3) is 0 Å². The summed E-state index contributed by atoms with van der Waals surface area (Å²) < 4.78 is 10.5. The largest absolute Gasteiger partial charge is 0.495 e. The van der Waals surface area contributed by atoms with E-state index < -0.39 is 0 Å². The van der Waals surface area contributed by atoms with Gasteiger partial charge in [-0.15, -0.1) is 0 Å². The van der Waals surface area contributed by atoms with E-state index in [4.69, 9.17) is 14.7 Å². The van der Waals surface area contributed by atoms with Crippen LogP contribution in [0.2, 0.25) is 0 Å². The van der Waals surface area contributed by atoms with E-state index in [1.807, 2.05) is 19.9 Å². The molecule has 0 fully saturated rings. The fourth-order valence-electron chi connectivity index (χ4n) is 1.45. The zero-order valence-electron chi connectivity index (χ0n) is 10.7. The van der Waals surface area contributed by atoms with Gasteiger partial charge in [0.15, 0.2) is 0 Å². The van der Waals surface area contributed by atoms with Crippen molar-refractivity contribution in [3.8, 4) is 11.8 Å². The second-order valence-corrected chi connectivity index (χ2v) is 3.90. The summed E-state index contributed by atoms with van der Waals surface area (Å²) in [4.78, 5) is 0. The first-order valence-electron chi connectivity index (χ1n) is 5.49. The lowest BCUT2D eigenvalue weighted by molar-refractivity contribution is 0.106. The third-order valence-corrected chi connectivity index (χ3v) is 2.79. The lowest BCUT2D eigenvalue weighted by Gasteiger charge is -2.22. The Labute approximate surface area is 102 Å². The molecule has 0 aliphatic heterocycles. The van der Waals surface area contributed by atoms with E-state index in [-0.39, 0.29) is 12.1 Å². The molecule has 17 heavy (non-hydrogen) atoms. The molecule has 4 heteroatoms. The molecule has 0 radical (unpaired) electrons. The number of hydrogen-bond acceptors (Lipinski definition) is 4. The van der Waals surface area contributed by atoms with Crippen molar-refractivity contribution in [1.29, 1.82) is 5.26 Å². The molecule has 0 aliphatic rings. The monoisotopic (exact) mass is 234 g/mol. The van der Waals surface area contributed by atoms with Gasteiger partial charge in [-0.25, -0.2) is 0 Å². The van der Waals surface area contributed by atoms with Crippen LogP contribution in [0.5, 0.6) is 5.75 Å². The van der Waals surface area contributed by atoms with Crippen LogP contribution < -0.4 is 10.1 Å². The van der Waals surface area contributed by atoms with E-state index in [0.717, 1.165) is 5.69 Å². The Morgan fingerprint density at radius 2 is 2.00 bits per heavy atom. The van der Waals surface area contributed by atoms with Gasteiger partial charge in [-0.3, -0.25) is 0 Å². The van der Waals surface area contributed by atoms with Gasteiger partial charge in [0.2, 0.25) is 0 Å². The Balaban J connectivity index is 2.88. The Morgan fingerprint density at radius 1 is 1.29 bits per heavy atom. The van der Waals surface area contributed by atoms with E-state index in [2.05, 4.69) is 11.4 Å². The van der Waals surface area contributed by atoms with Crippen LogP contribution in [-0.2, 0) is 4.74 Å². The molecule has 2 atom stereocenters. The molecule has 92 valence electrons. The smallest absolute Gasteiger partial charge is 0.143 e. The first-order chi connectivity index (χ1) is 8.12. The van der Waals surface area contributed by atoms with Gasteiger partial charge in [0, 0.05) is 19.2 Å². The number of nitrogens with zero attached hydrogens (tertiary/aromatic N) is 1. The number of ether oxygens (including phenoxy) is 2. The molecule has 0 heterocycles. The van der Waals surface area contributed by atoms with Crippen LogP contribution in [0.25, 0.3) is 0 Å². The number of benzene rings is 1. The van der Waals surface area contributed by atoms with Gasteiger partial charge in [-0.1, -0.05) is 0 Å². The van der Waals surface area contributed by atoms with Crippen LogP contribution >= 0.6 is 0 Å². The molecule has 4 nitrogen and oxygen atoms in total. The second kappa shape index (κ2) is 6.12. The quantitative estimate of drug-likeness (QED) is 0.850. The van der Waals surface area contributed by atoms with Crippen LogP contribution in [0, 0.1) is 11.3 Å². The number of anilines is 1. The Bertz CT molecular complexity index is 412. The summed E-state index contributed by atoms with van der Waals surface area (Å²) in [6, 6.07) is 7.56. The fraction of sp³-hybridized carbons (Fsp3) is 0.462. The number of hydrogen-bond donors (Lipinski definition) is 1. The maximum Gasteiger partial charge on any atom is 0.143 e. The van der Waals surface area contributed by atoms with Crippen molar-refractivity contribution in [2.24, 2.45) is 0 Å². The number of methoxy groups -OCH3 is 2. The molecule has 2 unspecified atom stereocenters. The van der Waals surface area contributed by atoms with Crippen molar-refractivity contribution >= 4 is 5.69 Å². The highest BCUT2D eigenvalue weighted by molar-refractivity contribution is 5.59. The van der Waals surface area contributed by atoms with Crippen molar-refractivity contribution in [2.75, 3.05) is 19.5 Å². The molecule has 0 saturated carbocycles. The predicted molar refractivity (Wildman–Crippen MR) is 67.3 cm³/mol. The molecule has 1 rings (SSSR count). The summed E-state index contributed by atoms with van der Waals surface area (Å²) in [7, 11) is 3.27. The third kappa shape index (κ3) is 3.36. The minimum atomic E-state index is 0.0929. The van der Waals surface area contributed by atoms with Crippen molar-refractivity contribution < 1.29 is 9.47 Å². The van der Waals surface area contributed by atoms with Crippen LogP contribution in [0.1, 0.15) is 19.4 Å². The van der Waals surface area contributed by atoms with E-state index in [1.54, 1.807) is 26.4 Å². The summed E-state index contributed by atoms with van der Waals surface area (Å²) in [6.45, 7) is 4.03.